The molecule has 4 aliphatic rings. The maximum Gasteiger partial charge on any atom is 0.0415 e. The predicted octanol–water partition coefficient (Wildman–Crippen LogP) is 5.57. The van der Waals surface area contributed by atoms with E-state index in [4.69, 9.17) is 10.7 Å². The topological polar surface area (TPSA) is 38.9 Å². The number of hydrogen-bond acceptors (Lipinski definition) is 2. The van der Waals surface area contributed by atoms with Crippen molar-refractivity contribution in [3.8, 4) is 11.1 Å². The van der Waals surface area contributed by atoms with Gasteiger partial charge in [0, 0.05) is 17.9 Å². The van der Waals surface area contributed by atoms with E-state index in [1.807, 2.05) is 6.20 Å². The van der Waals surface area contributed by atoms with Gasteiger partial charge in [0.1, 0.15) is 0 Å². The van der Waals surface area contributed by atoms with Crippen molar-refractivity contribution >= 4 is 0 Å². The summed E-state index contributed by atoms with van der Waals surface area (Å²) in [5.41, 5.74) is 12.3. The molecule has 6 rings (SSSR count). The minimum absolute atomic E-state index is 0.307. The molecule has 3 unspecified atom stereocenters. The Bertz CT molecular complexity index is 808. The number of nitrogens with zero attached hydrogens (tertiary/aromatic N) is 1. The number of pyridine rings is 1. The average molecular weight is 361 g/mol. The summed E-state index contributed by atoms with van der Waals surface area (Å²) in [5.74, 6) is 3.19. The molecule has 2 N–H and O–H groups in total. The number of benzene rings is 1. The molecule has 1 aromatic carbocycles. The highest BCUT2D eigenvalue weighted by Crippen LogP contribution is 2.60. The Hall–Kier alpha value is -1.67. The van der Waals surface area contributed by atoms with E-state index in [0.717, 1.165) is 24.2 Å². The zero-order chi connectivity index (χ0) is 18.6. The molecule has 4 saturated carbocycles. The first-order valence-corrected chi connectivity index (χ1v) is 10.8. The van der Waals surface area contributed by atoms with E-state index in [2.05, 4.69) is 50.2 Å². The Morgan fingerprint density at radius 3 is 2.37 bits per heavy atom. The third kappa shape index (κ3) is 3.02. The van der Waals surface area contributed by atoms with Crippen molar-refractivity contribution in [2.24, 2.45) is 28.9 Å². The van der Waals surface area contributed by atoms with Gasteiger partial charge in [-0.05, 0) is 96.4 Å². The van der Waals surface area contributed by atoms with Crippen LogP contribution >= 0.6 is 0 Å². The predicted molar refractivity (Wildman–Crippen MR) is 111 cm³/mol. The molecule has 4 fully saturated rings. The first-order chi connectivity index (χ1) is 13.0. The maximum absolute atomic E-state index is 6.82. The van der Waals surface area contributed by atoms with Crippen LogP contribution < -0.4 is 5.73 Å². The van der Waals surface area contributed by atoms with E-state index in [1.54, 1.807) is 0 Å². The highest BCUT2D eigenvalue weighted by molar-refractivity contribution is 5.63. The molecule has 0 aliphatic heterocycles. The van der Waals surface area contributed by atoms with Gasteiger partial charge in [-0.1, -0.05) is 38.1 Å². The van der Waals surface area contributed by atoms with Crippen molar-refractivity contribution in [1.82, 2.24) is 4.98 Å². The molecule has 0 radical (unpaired) electrons. The molecule has 1 aromatic heterocycles. The Kier molecular flexibility index (Phi) is 4.16. The van der Waals surface area contributed by atoms with Crippen LogP contribution in [0.3, 0.4) is 0 Å². The normalized spacial score (nSPS) is 34.4. The van der Waals surface area contributed by atoms with Crippen molar-refractivity contribution in [3.63, 3.8) is 0 Å². The fourth-order valence-corrected chi connectivity index (χ4v) is 6.69. The van der Waals surface area contributed by atoms with Gasteiger partial charge in [-0.15, -0.1) is 0 Å². The molecule has 4 bridgehead atoms. The van der Waals surface area contributed by atoms with Crippen molar-refractivity contribution in [1.29, 1.82) is 0 Å². The van der Waals surface area contributed by atoms with E-state index in [0.29, 0.717) is 17.4 Å². The van der Waals surface area contributed by atoms with E-state index < -0.39 is 0 Å². The molecule has 142 valence electrons. The Balaban J connectivity index is 1.41. The summed E-state index contributed by atoms with van der Waals surface area (Å²) in [6, 6.07) is 13.9. The monoisotopic (exact) mass is 360 g/mol. The van der Waals surface area contributed by atoms with Gasteiger partial charge in [-0.25, -0.2) is 0 Å². The van der Waals surface area contributed by atoms with Crippen LogP contribution in [0.4, 0.5) is 0 Å². The molecule has 0 spiro atoms. The van der Waals surface area contributed by atoms with E-state index in [9.17, 15) is 0 Å². The highest BCUT2D eigenvalue weighted by atomic mass is 14.8. The van der Waals surface area contributed by atoms with Crippen molar-refractivity contribution < 1.29 is 0 Å². The third-order valence-electron chi connectivity index (χ3n) is 7.80. The number of hydrogen-bond donors (Lipinski definition) is 1. The molecule has 1 heterocycles. The van der Waals surface area contributed by atoms with E-state index in [-0.39, 0.29) is 0 Å². The van der Waals surface area contributed by atoms with Crippen LogP contribution in [0.1, 0.15) is 63.1 Å². The Morgan fingerprint density at radius 2 is 1.70 bits per heavy atom. The molecule has 0 amide bonds. The van der Waals surface area contributed by atoms with Crippen molar-refractivity contribution in [2.75, 3.05) is 0 Å². The lowest BCUT2D eigenvalue weighted by molar-refractivity contribution is -0.0719. The fourth-order valence-electron chi connectivity index (χ4n) is 6.69. The second-order valence-electron chi connectivity index (χ2n) is 9.98. The minimum Gasteiger partial charge on any atom is -0.327 e. The van der Waals surface area contributed by atoms with Crippen LogP contribution in [-0.4, -0.2) is 11.0 Å². The second-order valence-corrected chi connectivity index (χ2v) is 9.98. The zero-order valence-corrected chi connectivity index (χ0v) is 16.7. The number of rotatable bonds is 4. The molecule has 27 heavy (non-hydrogen) atoms. The van der Waals surface area contributed by atoms with Crippen LogP contribution in [0.2, 0.25) is 0 Å². The third-order valence-corrected chi connectivity index (χ3v) is 7.80. The first kappa shape index (κ1) is 17.4. The number of nitrogens with two attached hydrogens (primary N) is 1. The lowest BCUT2D eigenvalue weighted by Gasteiger charge is -2.60. The molecular formula is C25H32N2. The molecule has 3 atom stereocenters. The maximum atomic E-state index is 6.82. The highest BCUT2D eigenvalue weighted by Gasteiger charge is 2.55. The Morgan fingerprint density at radius 1 is 1.00 bits per heavy atom. The molecular weight excluding hydrogens is 328 g/mol. The van der Waals surface area contributed by atoms with Crippen LogP contribution in [-0.2, 0) is 6.42 Å². The summed E-state index contributed by atoms with van der Waals surface area (Å²) >= 11 is 0. The van der Waals surface area contributed by atoms with Gasteiger partial charge in [0.2, 0.25) is 0 Å². The molecule has 2 heteroatoms. The van der Waals surface area contributed by atoms with Crippen LogP contribution in [0, 0.1) is 23.2 Å². The molecule has 4 aliphatic carbocycles. The van der Waals surface area contributed by atoms with Crippen LogP contribution in [0.15, 0.2) is 42.6 Å². The van der Waals surface area contributed by atoms with Crippen molar-refractivity contribution in [2.45, 2.75) is 64.3 Å². The lowest BCUT2D eigenvalue weighted by Crippen LogP contribution is -2.60. The van der Waals surface area contributed by atoms with Gasteiger partial charge in [0.15, 0.2) is 0 Å². The van der Waals surface area contributed by atoms with Gasteiger partial charge in [-0.3, -0.25) is 4.98 Å². The summed E-state index contributed by atoms with van der Waals surface area (Å²) < 4.78 is 0. The minimum atomic E-state index is 0.307. The van der Waals surface area contributed by atoms with Gasteiger partial charge in [0.25, 0.3) is 0 Å². The average Bonchev–Trinajstić information content (AvgIpc) is 2.66. The van der Waals surface area contributed by atoms with Gasteiger partial charge < -0.3 is 5.73 Å². The second kappa shape index (κ2) is 6.44. The van der Waals surface area contributed by atoms with Gasteiger partial charge in [0.05, 0.1) is 0 Å². The fraction of sp³-hybridized carbons (Fsp3) is 0.560. The molecule has 0 saturated heterocycles. The summed E-state index contributed by atoms with van der Waals surface area (Å²) in [4.78, 5) is 4.77. The molecule has 2 nitrogen and oxygen atoms in total. The zero-order valence-electron chi connectivity index (χ0n) is 16.7. The number of aromatic nitrogens is 1. The smallest absolute Gasteiger partial charge is 0.0415 e. The van der Waals surface area contributed by atoms with E-state index >= 15 is 0 Å². The van der Waals surface area contributed by atoms with Gasteiger partial charge in [-0.2, -0.15) is 0 Å². The lowest BCUT2D eigenvalue weighted by atomic mass is 9.46. The SMILES string of the molecule is CC(C)c1ccc(-c2ccnc(CC34CC5CC(CC(C5)C3N)C4)c2)cc1. The summed E-state index contributed by atoms with van der Waals surface area (Å²) in [5, 5.41) is 0. The Labute approximate surface area is 163 Å². The first-order valence-electron chi connectivity index (χ1n) is 10.8. The van der Waals surface area contributed by atoms with Crippen LogP contribution in [0.25, 0.3) is 11.1 Å². The summed E-state index contributed by atoms with van der Waals surface area (Å²) in [6.07, 6.45) is 9.94. The standard InChI is InChI=1S/C25H32N2/c1-16(2)19-3-5-20(6-4-19)21-7-8-27-23(12-21)15-25-13-17-9-18(14-25)11-22(10-17)24(25)26/h3-8,12,16-18,22,24H,9-11,13-15,26H2,1-2H3. The summed E-state index contributed by atoms with van der Waals surface area (Å²) in [6.45, 7) is 4.49. The van der Waals surface area contributed by atoms with Crippen LogP contribution in [0.5, 0.6) is 0 Å². The quantitative estimate of drug-likeness (QED) is 0.774. The largest absolute Gasteiger partial charge is 0.327 e. The van der Waals surface area contributed by atoms with E-state index in [1.165, 1.54) is 54.5 Å². The van der Waals surface area contributed by atoms with Gasteiger partial charge >= 0.3 is 0 Å². The molecule has 2 aromatic rings. The van der Waals surface area contributed by atoms with Crippen molar-refractivity contribution in [3.05, 3.63) is 53.9 Å². The summed E-state index contributed by atoms with van der Waals surface area (Å²) in [7, 11) is 0.